The van der Waals surface area contributed by atoms with Crippen molar-refractivity contribution in [3.8, 4) is 0 Å². The lowest BCUT2D eigenvalue weighted by atomic mass is 9.92. The van der Waals surface area contributed by atoms with Crippen LogP contribution < -0.4 is 0 Å². The zero-order valence-corrected chi connectivity index (χ0v) is 11.8. The summed E-state index contributed by atoms with van der Waals surface area (Å²) in [6.07, 6.45) is 6.65. The first-order valence-corrected chi connectivity index (χ1v) is 6.87. The van der Waals surface area contributed by atoms with Crippen LogP contribution in [0.2, 0.25) is 0 Å². The fourth-order valence-corrected chi connectivity index (χ4v) is 2.49. The number of halogens is 2. The topological polar surface area (TPSA) is 20.3 Å². The van der Waals surface area contributed by atoms with Gasteiger partial charge in [-0.15, -0.1) is 0 Å². The third kappa shape index (κ3) is 3.06. The fraction of sp³-hybridized carbons (Fsp3) is 0.438. The average molecular weight is 279 g/mol. The van der Waals surface area contributed by atoms with Crippen molar-refractivity contribution in [1.29, 1.82) is 0 Å². The quantitative estimate of drug-likeness (QED) is 0.770. The predicted octanol–water partition coefficient (Wildman–Crippen LogP) is 3.84. The van der Waals surface area contributed by atoms with Gasteiger partial charge < -0.3 is 4.90 Å². The number of rotatable bonds is 3. The number of benzene rings is 1. The molecular weight excluding hydrogens is 260 g/mol. The number of allylic oxidation sites excluding steroid dienone is 2. The van der Waals surface area contributed by atoms with Gasteiger partial charge in [0.15, 0.2) is 11.6 Å². The summed E-state index contributed by atoms with van der Waals surface area (Å²) in [6, 6.07) is 3.50. The molecule has 0 saturated heterocycles. The van der Waals surface area contributed by atoms with E-state index in [-0.39, 0.29) is 17.9 Å². The monoisotopic (exact) mass is 279 g/mol. The first-order valence-electron chi connectivity index (χ1n) is 6.87. The van der Waals surface area contributed by atoms with Crippen molar-refractivity contribution in [2.75, 3.05) is 7.05 Å². The Morgan fingerprint density at radius 2 is 2.05 bits per heavy atom. The Morgan fingerprint density at radius 3 is 2.65 bits per heavy atom. The summed E-state index contributed by atoms with van der Waals surface area (Å²) in [6.45, 7) is 1.82. The van der Waals surface area contributed by atoms with Crippen molar-refractivity contribution < 1.29 is 13.6 Å². The standard InChI is InChI=1S/C16H19F2NO/c1-11(13-8-9-14(17)15(18)10-13)19(2)16(20)12-6-4-3-5-7-12/h3-4,8-12H,5-7H2,1-2H3. The van der Waals surface area contributed by atoms with E-state index in [4.69, 9.17) is 0 Å². The normalized spacial score (nSPS) is 19.7. The van der Waals surface area contributed by atoms with Gasteiger partial charge in [0.1, 0.15) is 0 Å². The van der Waals surface area contributed by atoms with E-state index in [2.05, 4.69) is 6.08 Å². The molecular formula is C16H19F2NO. The molecule has 1 aliphatic carbocycles. The SMILES string of the molecule is CC(c1ccc(F)c(F)c1)N(C)C(=O)C1CC=CCC1. The molecule has 2 nitrogen and oxygen atoms in total. The first kappa shape index (κ1) is 14.7. The van der Waals surface area contributed by atoms with E-state index >= 15 is 0 Å². The lowest BCUT2D eigenvalue weighted by molar-refractivity contribution is -0.136. The third-order valence-electron chi connectivity index (χ3n) is 3.97. The maximum Gasteiger partial charge on any atom is 0.226 e. The van der Waals surface area contributed by atoms with Gasteiger partial charge in [0.05, 0.1) is 6.04 Å². The van der Waals surface area contributed by atoms with Gasteiger partial charge in [-0.25, -0.2) is 8.78 Å². The lowest BCUT2D eigenvalue weighted by Crippen LogP contribution is -2.35. The Balaban J connectivity index is 2.10. The molecule has 2 unspecified atom stereocenters. The second-order valence-corrected chi connectivity index (χ2v) is 5.28. The Morgan fingerprint density at radius 1 is 1.30 bits per heavy atom. The maximum absolute atomic E-state index is 13.3. The molecule has 4 heteroatoms. The fourth-order valence-electron chi connectivity index (χ4n) is 2.49. The minimum atomic E-state index is -0.879. The number of carbonyl (C=O) groups excluding carboxylic acids is 1. The molecule has 1 aromatic carbocycles. The first-order chi connectivity index (χ1) is 9.50. The lowest BCUT2D eigenvalue weighted by Gasteiger charge is -2.30. The summed E-state index contributed by atoms with van der Waals surface area (Å²) in [5, 5.41) is 0. The average Bonchev–Trinajstić information content (AvgIpc) is 2.48. The molecule has 0 saturated carbocycles. The number of nitrogens with zero attached hydrogens (tertiary/aromatic N) is 1. The molecule has 108 valence electrons. The van der Waals surface area contributed by atoms with Crippen LogP contribution in [0.5, 0.6) is 0 Å². The molecule has 0 spiro atoms. The molecule has 0 radical (unpaired) electrons. The van der Waals surface area contributed by atoms with Gasteiger partial charge >= 0.3 is 0 Å². The molecule has 2 rings (SSSR count). The molecule has 1 aliphatic rings. The van der Waals surface area contributed by atoms with Crippen molar-refractivity contribution in [1.82, 2.24) is 4.90 Å². The molecule has 0 heterocycles. The molecule has 1 amide bonds. The molecule has 0 fully saturated rings. The van der Waals surface area contributed by atoms with Crippen LogP contribution in [0.15, 0.2) is 30.4 Å². The third-order valence-corrected chi connectivity index (χ3v) is 3.97. The van der Waals surface area contributed by atoms with Crippen LogP contribution >= 0.6 is 0 Å². The van der Waals surface area contributed by atoms with Crippen LogP contribution in [0.25, 0.3) is 0 Å². The van der Waals surface area contributed by atoms with Crippen LogP contribution in [0.3, 0.4) is 0 Å². The van der Waals surface area contributed by atoms with E-state index in [0.29, 0.717) is 5.56 Å². The van der Waals surface area contributed by atoms with E-state index in [9.17, 15) is 13.6 Å². The van der Waals surface area contributed by atoms with Crippen molar-refractivity contribution in [2.24, 2.45) is 5.92 Å². The zero-order chi connectivity index (χ0) is 14.7. The Bertz CT molecular complexity index is 527. The van der Waals surface area contributed by atoms with E-state index < -0.39 is 11.6 Å². The predicted molar refractivity (Wildman–Crippen MR) is 74.0 cm³/mol. The van der Waals surface area contributed by atoms with Crippen molar-refractivity contribution in [2.45, 2.75) is 32.2 Å². The molecule has 0 aliphatic heterocycles. The number of hydrogen-bond donors (Lipinski definition) is 0. The summed E-state index contributed by atoms with van der Waals surface area (Å²) in [4.78, 5) is 14.0. The molecule has 1 aromatic rings. The summed E-state index contributed by atoms with van der Waals surface area (Å²) < 4.78 is 26.2. The Hall–Kier alpha value is -1.71. The van der Waals surface area contributed by atoms with Crippen molar-refractivity contribution >= 4 is 5.91 Å². The van der Waals surface area contributed by atoms with E-state index in [0.717, 1.165) is 31.4 Å². The Labute approximate surface area is 118 Å². The van der Waals surface area contributed by atoms with Crippen LogP contribution in [0.1, 0.15) is 37.8 Å². The number of amides is 1. The second-order valence-electron chi connectivity index (χ2n) is 5.28. The molecule has 0 N–H and O–H groups in total. The highest BCUT2D eigenvalue weighted by atomic mass is 19.2. The second kappa shape index (κ2) is 6.16. The molecule has 20 heavy (non-hydrogen) atoms. The van der Waals surface area contributed by atoms with Crippen LogP contribution in [-0.4, -0.2) is 17.9 Å². The summed E-state index contributed by atoms with van der Waals surface area (Å²) in [5.41, 5.74) is 0.603. The van der Waals surface area contributed by atoms with Crippen LogP contribution in [0.4, 0.5) is 8.78 Å². The smallest absolute Gasteiger partial charge is 0.226 e. The van der Waals surface area contributed by atoms with Crippen molar-refractivity contribution in [3.05, 3.63) is 47.5 Å². The van der Waals surface area contributed by atoms with E-state index in [1.165, 1.54) is 6.07 Å². The van der Waals surface area contributed by atoms with Gasteiger partial charge in [0, 0.05) is 13.0 Å². The van der Waals surface area contributed by atoms with Gasteiger partial charge in [-0.2, -0.15) is 0 Å². The number of hydrogen-bond acceptors (Lipinski definition) is 1. The summed E-state index contributed by atoms with van der Waals surface area (Å²) in [5.74, 6) is -1.69. The van der Waals surface area contributed by atoms with E-state index in [1.807, 2.05) is 13.0 Å². The highest BCUT2D eigenvalue weighted by Crippen LogP contribution is 2.26. The maximum atomic E-state index is 13.3. The van der Waals surface area contributed by atoms with Gasteiger partial charge in [-0.05, 0) is 43.9 Å². The van der Waals surface area contributed by atoms with Gasteiger partial charge in [-0.1, -0.05) is 18.2 Å². The van der Waals surface area contributed by atoms with Crippen LogP contribution in [-0.2, 0) is 4.79 Å². The number of carbonyl (C=O) groups is 1. The van der Waals surface area contributed by atoms with Crippen molar-refractivity contribution in [3.63, 3.8) is 0 Å². The van der Waals surface area contributed by atoms with E-state index in [1.54, 1.807) is 11.9 Å². The molecule has 0 bridgehead atoms. The van der Waals surface area contributed by atoms with Gasteiger partial charge in [-0.3, -0.25) is 4.79 Å². The highest BCUT2D eigenvalue weighted by molar-refractivity contribution is 5.79. The van der Waals surface area contributed by atoms with Gasteiger partial charge in [0.2, 0.25) is 5.91 Å². The Kier molecular flexibility index (Phi) is 4.53. The van der Waals surface area contributed by atoms with Gasteiger partial charge in [0.25, 0.3) is 0 Å². The van der Waals surface area contributed by atoms with Crippen LogP contribution in [0, 0.1) is 17.6 Å². The molecule has 2 atom stereocenters. The highest BCUT2D eigenvalue weighted by Gasteiger charge is 2.26. The zero-order valence-electron chi connectivity index (χ0n) is 11.8. The minimum Gasteiger partial charge on any atom is -0.339 e. The largest absolute Gasteiger partial charge is 0.339 e. The summed E-state index contributed by atoms with van der Waals surface area (Å²) >= 11 is 0. The molecule has 0 aromatic heterocycles. The minimum absolute atomic E-state index is 0.00209. The summed E-state index contributed by atoms with van der Waals surface area (Å²) in [7, 11) is 1.71.